The lowest BCUT2D eigenvalue weighted by Crippen LogP contribution is -2.50. The van der Waals surface area contributed by atoms with Crippen molar-refractivity contribution in [1.82, 2.24) is 24.8 Å². The second-order valence-corrected chi connectivity index (χ2v) is 9.22. The Hall–Kier alpha value is -3.54. The number of morpholine rings is 1. The van der Waals surface area contributed by atoms with Crippen molar-refractivity contribution in [1.29, 1.82) is 0 Å². The first-order chi connectivity index (χ1) is 17.3. The van der Waals surface area contributed by atoms with Crippen LogP contribution in [0.3, 0.4) is 0 Å². The number of benzene rings is 1. The molecule has 0 aliphatic carbocycles. The lowest BCUT2D eigenvalue weighted by molar-refractivity contribution is -0.126. The molecule has 0 radical (unpaired) electrons. The summed E-state index contributed by atoms with van der Waals surface area (Å²) in [6, 6.07) is 12.8. The van der Waals surface area contributed by atoms with Crippen molar-refractivity contribution >= 4 is 17.6 Å². The molecule has 0 saturated carbocycles. The average Bonchev–Trinajstić information content (AvgIpc) is 3.30. The van der Waals surface area contributed by atoms with Crippen molar-refractivity contribution in [2.45, 2.75) is 38.6 Å². The summed E-state index contributed by atoms with van der Waals surface area (Å²) in [6.45, 7) is 6.00. The first kappa shape index (κ1) is 25.5. The fourth-order valence-corrected chi connectivity index (χ4v) is 3.66. The van der Waals surface area contributed by atoms with Crippen molar-refractivity contribution < 1.29 is 23.8 Å². The van der Waals surface area contributed by atoms with Gasteiger partial charge in [-0.3, -0.25) is 9.20 Å². The molecular formula is C25H32N6O5. The molecule has 0 unspecified atom stereocenters. The van der Waals surface area contributed by atoms with Gasteiger partial charge in [-0.25, -0.2) is 4.79 Å². The van der Waals surface area contributed by atoms with E-state index >= 15 is 0 Å². The number of aromatic nitrogens is 3. The van der Waals surface area contributed by atoms with Crippen LogP contribution >= 0.6 is 0 Å². The number of carbonyl (C=O) groups excluding carboxylic acids is 2. The molecule has 2 amide bonds. The average molecular weight is 497 g/mol. The fourth-order valence-electron chi connectivity index (χ4n) is 3.66. The summed E-state index contributed by atoms with van der Waals surface area (Å²) in [7, 11) is 0. The summed E-state index contributed by atoms with van der Waals surface area (Å²) >= 11 is 0. The molecule has 1 saturated heterocycles. The second kappa shape index (κ2) is 11.5. The van der Waals surface area contributed by atoms with Crippen LogP contribution in [0.5, 0.6) is 0 Å². The van der Waals surface area contributed by atoms with Gasteiger partial charge in [0.1, 0.15) is 12.6 Å². The summed E-state index contributed by atoms with van der Waals surface area (Å²) in [4.78, 5) is 26.6. The Morgan fingerprint density at radius 3 is 2.58 bits per heavy atom. The van der Waals surface area contributed by atoms with Crippen LogP contribution in [0.4, 0.5) is 4.79 Å². The Morgan fingerprint density at radius 1 is 1.11 bits per heavy atom. The van der Waals surface area contributed by atoms with Crippen molar-refractivity contribution in [3.63, 3.8) is 0 Å². The minimum absolute atomic E-state index is 0.108. The highest BCUT2D eigenvalue weighted by atomic mass is 16.6. The molecule has 1 atom stereocenters. The van der Waals surface area contributed by atoms with Crippen LogP contribution in [-0.2, 0) is 32.2 Å². The maximum Gasteiger partial charge on any atom is 0.410 e. The standard InChI is InChI=1S/C25H32N6O5/c1-25(2,26)23(32)27-20(17-35-15-18-6-4-3-5-7-18)22-29-28-21-14-19(8-9-31(21)22)16-36-24(33)30-10-12-34-13-11-30/h3-9,14,20H,10-13,15-17,26H2,1-2H3,(H,27,32)/t20-/m1/s1. The molecule has 1 aromatic carbocycles. The first-order valence-electron chi connectivity index (χ1n) is 11.9. The van der Waals surface area contributed by atoms with E-state index < -0.39 is 11.6 Å². The molecule has 3 heterocycles. The van der Waals surface area contributed by atoms with Gasteiger partial charge in [-0.05, 0) is 37.1 Å². The third kappa shape index (κ3) is 6.56. The molecule has 1 aliphatic rings. The number of carbonyl (C=O) groups is 2. The first-order valence-corrected chi connectivity index (χ1v) is 11.9. The number of pyridine rings is 1. The molecule has 11 heteroatoms. The number of hydrogen-bond acceptors (Lipinski definition) is 8. The van der Waals surface area contributed by atoms with E-state index in [1.165, 1.54) is 0 Å². The van der Waals surface area contributed by atoms with Gasteiger partial charge in [0.2, 0.25) is 5.91 Å². The van der Waals surface area contributed by atoms with Gasteiger partial charge in [-0.15, -0.1) is 10.2 Å². The van der Waals surface area contributed by atoms with E-state index in [1.54, 1.807) is 35.4 Å². The number of hydrogen-bond donors (Lipinski definition) is 2. The molecule has 3 N–H and O–H groups in total. The van der Waals surface area contributed by atoms with Crippen molar-refractivity contribution in [3.8, 4) is 0 Å². The largest absolute Gasteiger partial charge is 0.445 e. The minimum Gasteiger partial charge on any atom is -0.445 e. The normalized spacial score (nSPS) is 15.0. The Kier molecular flexibility index (Phi) is 8.14. The summed E-state index contributed by atoms with van der Waals surface area (Å²) in [5.74, 6) is 0.173. The Labute approximate surface area is 209 Å². The van der Waals surface area contributed by atoms with E-state index in [4.69, 9.17) is 19.9 Å². The van der Waals surface area contributed by atoms with Gasteiger partial charge in [0, 0.05) is 19.3 Å². The van der Waals surface area contributed by atoms with Crippen LogP contribution in [0, 0.1) is 0 Å². The van der Waals surface area contributed by atoms with E-state index in [1.807, 2.05) is 36.4 Å². The van der Waals surface area contributed by atoms with Crippen LogP contribution in [0.15, 0.2) is 48.7 Å². The van der Waals surface area contributed by atoms with Crippen molar-refractivity contribution in [3.05, 3.63) is 65.6 Å². The number of rotatable bonds is 9. The van der Waals surface area contributed by atoms with E-state index in [0.717, 1.165) is 11.1 Å². The quantitative estimate of drug-likeness (QED) is 0.458. The SMILES string of the molecule is CC(C)(N)C(=O)N[C@H](COCc1ccccc1)c1nnc2cc(COC(=O)N3CCOCC3)ccn12. The number of ether oxygens (including phenoxy) is 3. The van der Waals surface area contributed by atoms with E-state index in [2.05, 4.69) is 15.5 Å². The topological polar surface area (TPSA) is 133 Å². The molecule has 192 valence electrons. The van der Waals surface area contributed by atoms with Crippen LogP contribution in [0.1, 0.15) is 36.8 Å². The smallest absolute Gasteiger partial charge is 0.410 e. The molecule has 11 nitrogen and oxygen atoms in total. The Bertz CT molecular complexity index is 1170. The molecular weight excluding hydrogens is 464 g/mol. The number of nitrogens with zero attached hydrogens (tertiary/aromatic N) is 4. The van der Waals surface area contributed by atoms with Crippen LogP contribution in [-0.4, -0.2) is 69.9 Å². The second-order valence-electron chi connectivity index (χ2n) is 9.22. The van der Waals surface area contributed by atoms with E-state index in [0.29, 0.717) is 44.4 Å². The third-order valence-corrected chi connectivity index (χ3v) is 5.73. The Balaban J connectivity index is 1.46. The van der Waals surface area contributed by atoms with Gasteiger partial charge in [0.25, 0.3) is 0 Å². The van der Waals surface area contributed by atoms with Crippen molar-refractivity contribution in [2.24, 2.45) is 5.73 Å². The highest BCUT2D eigenvalue weighted by Gasteiger charge is 2.28. The summed E-state index contributed by atoms with van der Waals surface area (Å²) in [5.41, 5.74) is 7.27. The molecule has 3 aromatic rings. The number of nitrogens with one attached hydrogen (secondary N) is 1. The molecule has 4 rings (SSSR count). The van der Waals surface area contributed by atoms with Crippen LogP contribution in [0.25, 0.3) is 5.65 Å². The minimum atomic E-state index is -1.07. The molecule has 1 aliphatic heterocycles. The van der Waals surface area contributed by atoms with Crippen LogP contribution in [0.2, 0.25) is 0 Å². The fraction of sp³-hybridized carbons (Fsp3) is 0.440. The van der Waals surface area contributed by atoms with E-state index in [9.17, 15) is 9.59 Å². The third-order valence-electron chi connectivity index (χ3n) is 5.73. The number of amides is 2. The zero-order chi connectivity index (χ0) is 25.5. The van der Waals surface area contributed by atoms with Gasteiger partial charge in [0.15, 0.2) is 11.5 Å². The van der Waals surface area contributed by atoms with Gasteiger partial charge >= 0.3 is 6.09 Å². The molecule has 2 aromatic heterocycles. The summed E-state index contributed by atoms with van der Waals surface area (Å²) in [6.07, 6.45) is 1.41. The van der Waals surface area contributed by atoms with Crippen LogP contribution < -0.4 is 11.1 Å². The molecule has 36 heavy (non-hydrogen) atoms. The predicted octanol–water partition coefficient (Wildman–Crippen LogP) is 1.81. The monoisotopic (exact) mass is 496 g/mol. The molecule has 1 fully saturated rings. The van der Waals surface area contributed by atoms with Gasteiger partial charge in [0.05, 0.1) is 32.0 Å². The number of nitrogens with two attached hydrogens (primary N) is 1. The maximum absolute atomic E-state index is 12.7. The molecule has 0 bridgehead atoms. The highest BCUT2D eigenvalue weighted by molar-refractivity contribution is 5.85. The Morgan fingerprint density at radius 2 is 1.86 bits per heavy atom. The van der Waals surface area contributed by atoms with Gasteiger partial charge < -0.3 is 30.2 Å². The van der Waals surface area contributed by atoms with Gasteiger partial charge in [-0.1, -0.05) is 30.3 Å². The van der Waals surface area contributed by atoms with Gasteiger partial charge in [-0.2, -0.15) is 0 Å². The summed E-state index contributed by atoms with van der Waals surface area (Å²) < 4.78 is 18.4. The lowest BCUT2D eigenvalue weighted by atomic mass is 10.1. The highest BCUT2D eigenvalue weighted by Crippen LogP contribution is 2.17. The van der Waals surface area contributed by atoms with E-state index in [-0.39, 0.29) is 25.2 Å². The summed E-state index contributed by atoms with van der Waals surface area (Å²) in [5, 5.41) is 11.5. The lowest BCUT2D eigenvalue weighted by Gasteiger charge is -2.25. The zero-order valence-electron chi connectivity index (χ0n) is 20.6. The molecule has 0 spiro atoms. The maximum atomic E-state index is 12.7. The van der Waals surface area contributed by atoms with Crippen molar-refractivity contribution in [2.75, 3.05) is 32.9 Å². The zero-order valence-corrected chi connectivity index (χ0v) is 20.6. The predicted molar refractivity (Wildman–Crippen MR) is 131 cm³/mol. The number of fused-ring (bicyclic) bond motifs is 1.